The van der Waals surface area contributed by atoms with E-state index in [2.05, 4.69) is 27.5 Å². The number of nitrogens with two attached hydrogens (primary N) is 1. The van der Waals surface area contributed by atoms with Gasteiger partial charge in [-0.25, -0.2) is 13.4 Å². The van der Waals surface area contributed by atoms with E-state index in [-0.39, 0.29) is 29.7 Å². The molecule has 0 spiro atoms. The lowest BCUT2D eigenvalue weighted by atomic mass is 9.66. The lowest BCUT2D eigenvalue weighted by Crippen LogP contribution is -2.46. The highest BCUT2D eigenvalue weighted by Crippen LogP contribution is 2.64. The molecule has 4 aromatic rings. The number of fused-ring (bicyclic) bond motifs is 10. The van der Waals surface area contributed by atoms with Crippen molar-refractivity contribution < 1.29 is 18.6 Å². The summed E-state index contributed by atoms with van der Waals surface area (Å²) in [5.74, 6) is -0.181. The second-order valence-electron chi connectivity index (χ2n) is 9.76. The van der Waals surface area contributed by atoms with E-state index in [0.717, 1.165) is 49.2 Å². The zero-order valence-electron chi connectivity index (χ0n) is 18.2. The smallest absolute Gasteiger partial charge is 0.251 e. The Morgan fingerprint density at radius 3 is 2.76 bits per heavy atom. The van der Waals surface area contributed by atoms with Crippen LogP contribution in [0.3, 0.4) is 0 Å². The molecule has 2 saturated carbocycles. The number of anilines is 2. The lowest BCUT2D eigenvalue weighted by Gasteiger charge is -2.46. The van der Waals surface area contributed by atoms with Gasteiger partial charge in [-0.2, -0.15) is 9.19 Å². The highest BCUT2D eigenvalue weighted by atomic mass is 32.2. The fourth-order valence-electron chi connectivity index (χ4n) is 6.83. The van der Waals surface area contributed by atoms with Crippen molar-refractivity contribution in [2.45, 2.75) is 30.6 Å². The fourth-order valence-corrected chi connectivity index (χ4v) is 8.34. The number of benzene rings is 2. The number of aliphatic hydroxyl groups is 2. The molecule has 1 aliphatic heterocycles. The van der Waals surface area contributed by atoms with Crippen molar-refractivity contribution in [3.63, 3.8) is 0 Å². The Bertz CT molecular complexity index is 1600. The van der Waals surface area contributed by atoms with Gasteiger partial charge in [0, 0.05) is 11.1 Å². The molecule has 0 radical (unpaired) electrons. The van der Waals surface area contributed by atoms with Crippen LogP contribution in [0.25, 0.3) is 21.1 Å². The van der Waals surface area contributed by atoms with Gasteiger partial charge in [0.15, 0.2) is 5.13 Å². The van der Waals surface area contributed by atoms with Crippen LogP contribution in [0.4, 0.5) is 10.8 Å². The molecule has 7 rings (SSSR count). The van der Waals surface area contributed by atoms with E-state index in [0.29, 0.717) is 10.6 Å². The van der Waals surface area contributed by atoms with Crippen LogP contribution in [-0.2, 0) is 10.0 Å². The van der Waals surface area contributed by atoms with Gasteiger partial charge in [-0.05, 0) is 65.5 Å². The molecular weight excluding hydrogens is 474 g/mol. The minimum atomic E-state index is -3.56. The quantitative estimate of drug-likeness (QED) is 0.330. The van der Waals surface area contributed by atoms with E-state index in [4.69, 9.17) is 5.73 Å². The number of aromatic nitrogens is 3. The minimum absolute atomic E-state index is 0.0332. The maximum atomic E-state index is 12.3. The van der Waals surface area contributed by atoms with Crippen molar-refractivity contribution in [3.8, 4) is 0 Å². The number of rotatable bonds is 2. The summed E-state index contributed by atoms with van der Waals surface area (Å²) in [4.78, 5) is 4.36. The zero-order chi connectivity index (χ0) is 23.5. The molecule has 2 bridgehead atoms. The van der Waals surface area contributed by atoms with Crippen LogP contribution in [-0.4, -0.2) is 51.3 Å². The standard InChI is InChI=1S/C23H23N5O4S2/c1-34(31,32)28-15-5-4-14-17(12(15)8-25-28)18-10-7-11(22(30)21(10)29)19(18)20(26-14)9-2-3-13-16(6-9)33-23(24)27-13/h2-6,8,10-11,18-22,26,29-30H,7H2,1H3,(H2,24,27)/t10?,11?,18-,19-,20+,21-,22+/m1/s1. The van der Waals surface area contributed by atoms with E-state index in [1.165, 1.54) is 11.3 Å². The monoisotopic (exact) mass is 497 g/mol. The second kappa shape index (κ2) is 6.69. The first-order chi connectivity index (χ1) is 16.2. The summed E-state index contributed by atoms with van der Waals surface area (Å²) in [5.41, 5.74) is 10.3. The van der Waals surface area contributed by atoms with Crippen molar-refractivity contribution in [1.29, 1.82) is 0 Å². The molecule has 0 saturated heterocycles. The number of aliphatic hydroxyl groups excluding tert-OH is 2. The molecule has 9 nitrogen and oxygen atoms in total. The van der Waals surface area contributed by atoms with Gasteiger partial charge in [-0.15, -0.1) is 0 Å². The summed E-state index contributed by atoms with van der Waals surface area (Å²) >= 11 is 1.45. The third kappa shape index (κ3) is 2.63. The molecule has 0 amide bonds. The summed E-state index contributed by atoms with van der Waals surface area (Å²) in [6.45, 7) is 0. The molecule has 2 aromatic carbocycles. The Morgan fingerprint density at radius 1 is 1.18 bits per heavy atom. The second-order valence-corrected chi connectivity index (χ2v) is 12.6. The maximum absolute atomic E-state index is 12.3. The number of nitrogens with zero attached hydrogens (tertiary/aromatic N) is 3. The molecule has 2 unspecified atom stereocenters. The van der Waals surface area contributed by atoms with Crippen LogP contribution < -0.4 is 11.1 Å². The van der Waals surface area contributed by atoms with Gasteiger partial charge in [0.25, 0.3) is 10.0 Å². The first-order valence-electron chi connectivity index (χ1n) is 11.2. The molecular formula is C23H23N5O4S2. The largest absolute Gasteiger partial charge is 0.390 e. The summed E-state index contributed by atoms with van der Waals surface area (Å²) < 4.78 is 26.6. The van der Waals surface area contributed by atoms with Crippen LogP contribution in [0, 0.1) is 17.8 Å². The van der Waals surface area contributed by atoms with Crippen molar-refractivity contribution in [2.75, 3.05) is 17.3 Å². The Morgan fingerprint density at radius 2 is 1.97 bits per heavy atom. The molecule has 176 valence electrons. The van der Waals surface area contributed by atoms with Crippen LogP contribution in [0.2, 0.25) is 0 Å². The van der Waals surface area contributed by atoms with E-state index >= 15 is 0 Å². The van der Waals surface area contributed by atoms with Crippen molar-refractivity contribution in [2.24, 2.45) is 17.8 Å². The Hall–Kier alpha value is -2.73. The number of nitrogens with one attached hydrogen (secondary N) is 1. The SMILES string of the molecule is CS(=O)(=O)n1ncc2c3c(ccc21)N[C@@H](c1ccc2nc(N)sc2c1)[C@@H]1C2CC([C@@H](O)[C@H]2O)[C@H]31. The van der Waals surface area contributed by atoms with Gasteiger partial charge in [0.1, 0.15) is 0 Å². The molecule has 3 aliphatic rings. The number of thiazole rings is 1. The average Bonchev–Trinajstić information content (AvgIpc) is 3.54. The lowest BCUT2D eigenvalue weighted by molar-refractivity contribution is -0.0465. The summed E-state index contributed by atoms with van der Waals surface area (Å²) in [6, 6.07) is 9.74. The highest BCUT2D eigenvalue weighted by Gasteiger charge is 2.61. The molecule has 5 N–H and O–H groups in total. The first kappa shape index (κ1) is 20.6. The third-order valence-corrected chi connectivity index (χ3v) is 9.80. The Balaban J connectivity index is 1.44. The van der Waals surface area contributed by atoms with Gasteiger partial charge in [0.05, 0.1) is 46.4 Å². The maximum Gasteiger partial charge on any atom is 0.251 e. The molecule has 2 aliphatic carbocycles. The summed E-state index contributed by atoms with van der Waals surface area (Å²) in [5, 5.41) is 30.8. The molecule has 7 atom stereocenters. The molecule has 2 aromatic heterocycles. The number of hydrogen-bond donors (Lipinski definition) is 4. The average molecular weight is 498 g/mol. The van der Waals surface area contributed by atoms with Gasteiger partial charge >= 0.3 is 0 Å². The highest BCUT2D eigenvalue weighted by molar-refractivity contribution is 7.89. The first-order valence-corrected chi connectivity index (χ1v) is 13.9. The van der Waals surface area contributed by atoms with Crippen LogP contribution >= 0.6 is 11.3 Å². The molecule has 11 heteroatoms. The third-order valence-electron chi connectivity index (χ3n) is 8.04. The van der Waals surface area contributed by atoms with E-state index < -0.39 is 22.2 Å². The van der Waals surface area contributed by atoms with Gasteiger partial charge in [-0.1, -0.05) is 17.4 Å². The molecule has 2 fully saturated rings. The molecule has 34 heavy (non-hydrogen) atoms. The number of nitrogen functional groups attached to an aromatic ring is 1. The van der Waals surface area contributed by atoms with Gasteiger partial charge in [-0.3, -0.25) is 0 Å². The van der Waals surface area contributed by atoms with Crippen LogP contribution in [0.1, 0.15) is 29.5 Å². The van der Waals surface area contributed by atoms with Gasteiger partial charge in [0.2, 0.25) is 0 Å². The summed E-state index contributed by atoms with van der Waals surface area (Å²) in [6.07, 6.45) is 1.88. The van der Waals surface area contributed by atoms with Crippen LogP contribution in [0.5, 0.6) is 0 Å². The Kier molecular flexibility index (Phi) is 4.06. The fraction of sp³-hybridized carbons (Fsp3) is 0.391. The predicted octanol–water partition coefficient (Wildman–Crippen LogP) is 2.27. The minimum Gasteiger partial charge on any atom is -0.390 e. The summed E-state index contributed by atoms with van der Waals surface area (Å²) in [7, 11) is -3.56. The van der Waals surface area contributed by atoms with Crippen molar-refractivity contribution >= 4 is 53.3 Å². The topological polar surface area (TPSA) is 143 Å². The Labute approximate surface area is 199 Å². The molecule has 3 heterocycles. The normalized spacial score (nSPS) is 32.1. The number of hydrogen-bond acceptors (Lipinski definition) is 9. The van der Waals surface area contributed by atoms with Gasteiger partial charge < -0.3 is 21.3 Å². The van der Waals surface area contributed by atoms with E-state index in [9.17, 15) is 18.6 Å². The van der Waals surface area contributed by atoms with Crippen molar-refractivity contribution in [3.05, 3.63) is 47.7 Å². The predicted molar refractivity (Wildman–Crippen MR) is 130 cm³/mol. The van der Waals surface area contributed by atoms with E-state index in [1.54, 1.807) is 12.3 Å². The zero-order valence-corrected chi connectivity index (χ0v) is 19.8. The van der Waals surface area contributed by atoms with E-state index in [1.807, 2.05) is 12.1 Å². The van der Waals surface area contributed by atoms with Crippen LogP contribution in [0.15, 0.2) is 36.5 Å². The van der Waals surface area contributed by atoms with Crippen molar-refractivity contribution in [1.82, 2.24) is 14.2 Å².